The maximum Gasteiger partial charge on any atom is 0.299 e. The molecule has 2 bridgehead atoms. The van der Waals surface area contributed by atoms with Gasteiger partial charge in [0.15, 0.2) is 0 Å². The van der Waals surface area contributed by atoms with Gasteiger partial charge in [0.2, 0.25) is 5.79 Å². The smallest absolute Gasteiger partial charge is 0.299 e. The Balaban J connectivity index is 1.82. The fraction of sp³-hybridized carbons (Fsp3) is 0.739. The first kappa shape index (κ1) is 22.2. The Morgan fingerprint density at radius 1 is 1.23 bits per heavy atom. The molecule has 3 fully saturated rings. The van der Waals surface area contributed by atoms with Crippen molar-refractivity contribution in [2.75, 3.05) is 6.61 Å². The second-order valence-corrected chi connectivity index (χ2v) is 11.2. The molecule has 7 heteroatoms. The number of hydrogen-bond acceptors (Lipinski definition) is 6. The summed E-state index contributed by atoms with van der Waals surface area (Å²) in [5.74, 6) is -1.50. The highest BCUT2D eigenvalue weighted by Gasteiger charge is 2.74. The largest absolute Gasteiger partial charge is 0.390 e. The molecule has 0 radical (unpaired) electrons. The lowest BCUT2D eigenvalue weighted by Gasteiger charge is -2.52. The van der Waals surface area contributed by atoms with E-state index in [0.29, 0.717) is 13.0 Å². The highest BCUT2D eigenvalue weighted by atomic mass is 32.2. The minimum Gasteiger partial charge on any atom is -0.390 e. The van der Waals surface area contributed by atoms with Crippen LogP contribution >= 0.6 is 0 Å². The summed E-state index contributed by atoms with van der Waals surface area (Å²) >= 11 is 0. The van der Waals surface area contributed by atoms with Crippen LogP contribution < -0.4 is 0 Å². The lowest BCUT2D eigenvalue weighted by molar-refractivity contribution is -0.331. The van der Waals surface area contributed by atoms with Crippen LogP contribution in [0.25, 0.3) is 0 Å². The van der Waals surface area contributed by atoms with Crippen LogP contribution in [-0.2, 0) is 23.8 Å². The molecule has 30 heavy (non-hydrogen) atoms. The number of aliphatic hydroxyl groups excluding tert-OH is 1. The Hall–Kier alpha value is -0.990. The van der Waals surface area contributed by atoms with Crippen LogP contribution in [0.2, 0.25) is 0 Å². The van der Waals surface area contributed by atoms with Crippen molar-refractivity contribution in [3.63, 3.8) is 0 Å². The molecule has 1 aromatic carbocycles. The topological polar surface area (TPSA) is 82.1 Å². The molecule has 0 spiro atoms. The van der Waals surface area contributed by atoms with E-state index in [1.165, 1.54) is 0 Å². The fourth-order valence-electron chi connectivity index (χ4n) is 6.01. The normalized spacial score (nSPS) is 40.7. The number of rotatable bonds is 6. The van der Waals surface area contributed by atoms with Crippen molar-refractivity contribution in [1.29, 1.82) is 0 Å². The summed E-state index contributed by atoms with van der Waals surface area (Å²) in [7, 11) is -4.08. The molecule has 1 N–H and O–H groups in total. The minimum absolute atomic E-state index is 0.0169. The zero-order chi connectivity index (χ0) is 21.9. The second kappa shape index (κ2) is 7.55. The van der Waals surface area contributed by atoms with E-state index in [0.717, 1.165) is 18.4 Å². The molecule has 4 rings (SSSR count). The van der Waals surface area contributed by atoms with Crippen LogP contribution in [-0.4, -0.2) is 43.7 Å². The summed E-state index contributed by atoms with van der Waals surface area (Å²) in [6.45, 7) is 10.4. The molecule has 1 aromatic rings. The molecule has 3 aliphatic rings. The SMILES string of the molecule is CCO[C@@H]1C[C@]2(C(C)C)O[C@@]1(OS(=O)(=O)c1ccc(C)cc1)C1CC[C@@H](C)C1[C@@H]2O. The van der Waals surface area contributed by atoms with Crippen LogP contribution in [0.1, 0.15) is 52.5 Å². The third kappa shape index (κ3) is 3.16. The summed E-state index contributed by atoms with van der Waals surface area (Å²) in [6, 6.07) is 6.64. The van der Waals surface area contributed by atoms with Crippen molar-refractivity contribution in [2.24, 2.45) is 23.7 Å². The third-order valence-electron chi connectivity index (χ3n) is 7.63. The number of hydrogen-bond donors (Lipinski definition) is 1. The number of fused-ring (bicyclic) bond motifs is 4. The summed E-state index contributed by atoms with van der Waals surface area (Å²) in [6.07, 6.45) is 0.829. The lowest BCUT2D eigenvalue weighted by atomic mass is 9.71. The summed E-state index contributed by atoms with van der Waals surface area (Å²) in [4.78, 5) is 0.108. The van der Waals surface area contributed by atoms with E-state index in [9.17, 15) is 13.5 Å². The first-order chi connectivity index (χ1) is 14.1. The van der Waals surface area contributed by atoms with Gasteiger partial charge in [-0.2, -0.15) is 8.42 Å². The lowest BCUT2D eigenvalue weighted by Crippen LogP contribution is -2.63. The Bertz CT molecular complexity index is 881. The van der Waals surface area contributed by atoms with Crippen molar-refractivity contribution in [3.05, 3.63) is 29.8 Å². The maximum absolute atomic E-state index is 13.3. The van der Waals surface area contributed by atoms with Gasteiger partial charge in [-0.15, -0.1) is 0 Å². The molecule has 0 aromatic heterocycles. The van der Waals surface area contributed by atoms with E-state index in [4.69, 9.17) is 13.7 Å². The van der Waals surface area contributed by atoms with Gasteiger partial charge in [-0.25, -0.2) is 4.18 Å². The van der Waals surface area contributed by atoms with Gasteiger partial charge in [0.25, 0.3) is 10.1 Å². The van der Waals surface area contributed by atoms with E-state index in [1.807, 2.05) is 27.7 Å². The maximum atomic E-state index is 13.3. The molecular weight excluding hydrogens is 404 g/mol. The number of aryl methyl sites for hydroxylation is 1. The van der Waals surface area contributed by atoms with Crippen LogP contribution in [0.15, 0.2) is 29.2 Å². The molecule has 168 valence electrons. The molecule has 2 heterocycles. The van der Waals surface area contributed by atoms with E-state index >= 15 is 0 Å². The molecule has 1 saturated carbocycles. The monoisotopic (exact) mass is 438 g/mol. The number of aliphatic hydroxyl groups is 1. The van der Waals surface area contributed by atoms with E-state index in [2.05, 4.69) is 6.92 Å². The van der Waals surface area contributed by atoms with Crippen molar-refractivity contribution in [1.82, 2.24) is 0 Å². The predicted octanol–water partition coefficient (Wildman–Crippen LogP) is 3.65. The van der Waals surface area contributed by atoms with Gasteiger partial charge in [-0.1, -0.05) is 38.5 Å². The van der Waals surface area contributed by atoms with Crippen molar-refractivity contribution < 1.29 is 27.2 Å². The zero-order valence-corrected chi connectivity index (χ0v) is 19.3. The van der Waals surface area contributed by atoms with E-state index in [1.54, 1.807) is 24.3 Å². The van der Waals surface area contributed by atoms with E-state index < -0.39 is 33.7 Å². The van der Waals surface area contributed by atoms with Crippen LogP contribution in [0.4, 0.5) is 0 Å². The second-order valence-electron chi connectivity index (χ2n) is 9.62. The van der Waals surface area contributed by atoms with Crippen molar-refractivity contribution >= 4 is 10.1 Å². The third-order valence-corrected chi connectivity index (χ3v) is 8.96. The van der Waals surface area contributed by atoms with Gasteiger partial charge in [0.1, 0.15) is 11.7 Å². The van der Waals surface area contributed by atoms with Crippen LogP contribution in [0.3, 0.4) is 0 Å². The summed E-state index contributed by atoms with van der Waals surface area (Å²) in [5, 5.41) is 11.4. The molecular formula is C23H34O6S. The Kier molecular flexibility index (Phi) is 5.59. The predicted molar refractivity (Wildman–Crippen MR) is 112 cm³/mol. The number of ether oxygens (including phenoxy) is 2. The fourth-order valence-corrected chi connectivity index (χ4v) is 7.18. The van der Waals surface area contributed by atoms with Crippen LogP contribution in [0.5, 0.6) is 0 Å². The van der Waals surface area contributed by atoms with Gasteiger partial charge < -0.3 is 14.6 Å². The molecule has 2 saturated heterocycles. The average molecular weight is 439 g/mol. The average Bonchev–Trinajstić information content (AvgIpc) is 3.20. The van der Waals surface area contributed by atoms with E-state index in [-0.39, 0.29) is 28.6 Å². The minimum atomic E-state index is -4.08. The Morgan fingerprint density at radius 3 is 2.50 bits per heavy atom. The quantitative estimate of drug-likeness (QED) is 0.683. The molecule has 7 atom stereocenters. The van der Waals surface area contributed by atoms with Gasteiger partial charge in [0.05, 0.1) is 11.0 Å². The van der Waals surface area contributed by atoms with Crippen LogP contribution in [0, 0.1) is 30.6 Å². The van der Waals surface area contributed by atoms with Crippen molar-refractivity contribution in [2.45, 2.75) is 82.4 Å². The molecule has 2 unspecified atom stereocenters. The Labute approximate surface area is 180 Å². The zero-order valence-electron chi connectivity index (χ0n) is 18.5. The Morgan fingerprint density at radius 2 is 1.90 bits per heavy atom. The summed E-state index contributed by atoms with van der Waals surface area (Å²) < 4.78 is 45.4. The number of benzene rings is 1. The first-order valence-corrected chi connectivity index (χ1v) is 12.5. The molecule has 6 nitrogen and oxygen atoms in total. The molecule has 2 aliphatic heterocycles. The molecule has 0 amide bonds. The van der Waals surface area contributed by atoms with Gasteiger partial charge in [-0.05, 0) is 56.6 Å². The first-order valence-electron chi connectivity index (χ1n) is 11.1. The summed E-state index contributed by atoms with van der Waals surface area (Å²) in [5.41, 5.74) is 0.0864. The highest BCUT2D eigenvalue weighted by molar-refractivity contribution is 7.86. The van der Waals surface area contributed by atoms with Gasteiger partial charge >= 0.3 is 0 Å². The highest BCUT2D eigenvalue weighted by Crippen LogP contribution is 2.63. The van der Waals surface area contributed by atoms with Crippen molar-refractivity contribution in [3.8, 4) is 0 Å². The van der Waals surface area contributed by atoms with Gasteiger partial charge in [-0.3, -0.25) is 0 Å². The van der Waals surface area contributed by atoms with Gasteiger partial charge in [0, 0.05) is 18.9 Å². The molecule has 1 aliphatic carbocycles. The standard InChI is InChI=1S/C23H34O6S/c1-6-27-19-13-22(14(2)3)21(24)20-16(5)9-12-18(20)23(19,28-22)29-30(25,26)17-10-7-15(4)8-11-17/h7-8,10-11,14,16,18-21,24H,6,9,12-13H2,1-5H3/t16-,18?,19-,20?,21+,22-,23-/m1/s1.